The van der Waals surface area contributed by atoms with Gasteiger partial charge in [0.2, 0.25) is 0 Å². The first-order chi connectivity index (χ1) is 11.4. The molecule has 0 aliphatic heterocycles. The van der Waals surface area contributed by atoms with Crippen LogP contribution >= 0.6 is 38.9 Å². The number of thiophene rings is 1. The predicted molar refractivity (Wildman–Crippen MR) is 96.0 cm³/mol. The fourth-order valence-corrected chi connectivity index (χ4v) is 3.14. The minimum absolute atomic E-state index is 0.0394. The summed E-state index contributed by atoms with van der Waals surface area (Å²) in [4.78, 5) is 23.0. The van der Waals surface area contributed by atoms with Crippen molar-refractivity contribution in [3.05, 3.63) is 54.1 Å². The topological polar surface area (TPSA) is 93.8 Å². The fourth-order valence-electron chi connectivity index (χ4n) is 1.64. The number of carbonyl (C=O) groups excluding carboxylic acids is 1. The number of hydrogen-bond acceptors (Lipinski definition) is 6. The molecule has 0 atom stereocenters. The van der Waals surface area contributed by atoms with Gasteiger partial charge in [-0.15, -0.1) is 11.3 Å². The predicted octanol–water partition coefficient (Wildman–Crippen LogP) is 3.99. The van der Waals surface area contributed by atoms with E-state index in [1.807, 2.05) is 12.1 Å². The number of ether oxygens (including phenoxy) is 1. The largest absolute Gasteiger partial charge is 0.477 e. The maximum atomic E-state index is 11.8. The summed E-state index contributed by atoms with van der Waals surface area (Å²) >= 11 is 10.5. The summed E-state index contributed by atoms with van der Waals surface area (Å²) in [5.74, 6) is -0.573. The maximum Gasteiger partial charge on any atom is 0.312 e. The molecule has 0 radical (unpaired) electrons. The van der Waals surface area contributed by atoms with Gasteiger partial charge in [0.15, 0.2) is 12.4 Å². The highest BCUT2D eigenvalue weighted by Gasteiger charge is 2.16. The van der Waals surface area contributed by atoms with Crippen LogP contribution in [0.15, 0.2) is 39.2 Å². The Morgan fingerprint density at radius 3 is 2.83 bits per heavy atom. The Hall–Kier alpha value is -1.97. The first-order valence-electron chi connectivity index (χ1n) is 6.52. The fraction of sp³-hybridized carbons (Fsp3) is 0.143. The SMILES string of the molecule is C/C(=N/NC(=O)COc1ccc(Cl)cc1[N+](=O)[O-])c1ccc(Br)s1. The van der Waals surface area contributed by atoms with Gasteiger partial charge < -0.3 is 4.74 Å². The Kier molecular flexibility index (Phi) is 6.29. The molecule has 0 spiro atoms. The van der Waals surface area contributed by atoms with Crippen LogP contribution in [0.25, 0.3) is 0 Å². The van der Waals surface area contributed by atoms with Crippen LogP contribution in [0.4, 0.5) is 5.69 Å². The van der Waals surface area contributed by atoms with Crippen molar-refractivity contribution in [3.8, 4) is 5.75 Å². The first-order valence-corrected chi connectivity index (χ1v) is 8.51. The Balaban J connectivity index is 1.95. The molecule has 1 N–H and O–H groups in total. The van der Waals surface area contributed by atoms with Gasteiger partial charge in [-0.1, -0.05) is 11.6 Å². The third-order valence-electron chi connectivity index (χ3n) is 2.75. The van der Waals surface area contributed by atoms with Gasteiger partial charge in [-0.3, -0.25) is 14.9 Å². The number of nitrogens with zero attached hydrogens (tertiary/aromatic N) is 2. The number of carbonyl (C=O) groups is 1. The van der Waals surface area contributed by atoms with Crippen molar-refractivity contribution in [1.29, 1.82) is 0 Å². The zero-order valence-electron chi connectivity index (χ0n) is 12.3. The number of rotatable bonds is 6. The maximum absolute atomic E-state index is 11.8. The van der Waals surface area contributed by atoms with Crippen LogP contribution in [0.5, 0.6) is 5.75 Å². The zero-order valence-corrected chi connectivity index (χ0v) is 15.4. The molecular formula is C14H11BrClN3O4S. The molecule has 1 aromatic heterocycles. The standard InChI is InChI=1S/C14H11BrClN3O4S/c1-8(12-4-5-13(15)24-12)17-18-14(20)7-23-11-3-2-9(16)6-10(11)19(21)22/h2-6H,7H2,1H3,(H,18,20)/b17-8-. The van der Waals surface area contributed by atoms with Crippen LogP contribution < -0.4 is 10.2 Å². The molecule has 0 bridgehead atoms. The van der Waals surface area contributed by atoms with Gasteiger partial charge in [0.25, 0.3) is 5.91 Å². The number of halogens is 2. The molecule has 0 fully saturated rings. The van der Waals surface area contributed by atoms with Gasteiger partial charge in [0, 0.05) is 11.1 Å². The molecule has 0 aliphatic rings. The second-order valence-electron chi connectivity index (χ2n) is 4.49. The van der Waals surface area contributed by atoms with E-state index in [1.165, 1.54) is 23.5 Å². The molecule has 2 aromatic rings. The monoisotopic (exact) mass is 431 g/mol. The molecule has 0 saturated carbocycles. The molecule has 126 valence electrons. The molecule has 0 unspecified atom stereocenters. The molecule has 7 nitrogen and oxygen atoms in total. The molecule has 24 heavy (non-hydrogen) atoms. The lowest BCUT2D eigenvalue weighted by molar-refractivity contribution is -0.385. The average Bonchev–Trinajstić information content (AvgIpc) is 2.97. The number of hydrazone groups is 1. The molecule has 0 saturated heterocycles. The third-order valence-corrected chi connectivity index (χ3v) is 4.72. The van der Waals surface area contributed by atoms with Crippen LogP contribution in [0.2, 0.25) is 5.02 Å². The summed E-state index contributed by atoms with van der Waals surface area (Å²) in [6.07, 6.45) is 0. The van der Waals surface area contributed by atoms with Crippen molar-refractivity contribution in [2.24, 2.45) is 5.10 Å². The highest BCUT2D eigenvalue weighted by molar-refractivity contribution is 9.11. The number of amides is 1. The average molecular weight is 433 g/mol. The van der Waals surface area contributed by atoms with E-state index < -0.39 is 17.4 Å². The van der Waals surface area contributed by atoms with Crippen molar-refractivity contribution in [3.63, 3.8) is 0 Å². The number of nitrogens with one attached hydrogen (secondary N) is 1. The van der Waals surface area contributed by atoms with Gasteiger partial charge in [-0.05, 0) is 47.1 Å². The third kappa shape index (κ3) is 5.02. The van der Waals surface area contributed by atoms with Gasteiger partial charge in [-0.25, -0.2) is 5.43 Å². The molecule has 10 heteroatoms. The first kappa shape index (κ1) is 18.4. The summed E-state index contributed by atoms with van der Waals surface area (Å²) in [5.41, 5.74) is 2.67. The van der Waals surface area contributed by atoms with Gasteiger partial charge in [0.1, 0.15) is 0 Å². The van der Waals surface area contributed by atoms with E-state index in [-0.39, 0.29) is 16.5 Å². The second-order valence-corrected chi connectivity index (χ2v) is 7.39. The Bertz CT molecular complexity index is 809. The number of nitro benzene ring substituents is 1. The summed E-state index contributed by atoms with van der Waals surface area (Å²) in [6.45, 7) is 1.34. The summed E-state index contributed by atoms with van der Waals surface area (Å²) in [6, 6.07) is 7.69. The Morgan fingerprint density at radius 2 is 2.21 bits per heavy atom. The molecular weight excluding hydrogens is 422 g/mol. The van der Waals surface area contributed by atoms with E-state index in [4.69, 9.17) is 16.3 Å². The summed E-state index contributed by atoms with van der Waals surface area (Å²) in [7, 11) is 0. The Labute approximate surface area is 154 Å². The normalized spacial score (nSPS) is 11.2. The van der Waals surface area contributed by atoms with Crippen molar-refractivity contribution in [2.45, 2.75) is 6.92 Å². The van der Waals surface area contributed by atoms with Gasteiger partial charge >= 0.3 is 5.69 Å². The van der Waals surface area contributed by atoms with Crippen molar-refractivity contribution in [1.82, 2.24) is 5.43 Å². The van der Waals surface area contributed by atoms with Crippen LogP contribution in [0.1, 0.15) is 11.8 Å². The minimum Gasteiger partial charge on any atom is -0.477 e. The van der Waals surface area contributed by atoms with Gasteiger partial charge in [-0.2, -0.15) is 5.10 Å². The van der Waals surface area contributed by atoms with Crippen molar-refractivity contribution < 1.29 is 14.5 Å². The second kappa shape index (κ2) is 8.22. The molecule has 0 aliphatic carbocycles. The van der Waals surface area contributed by atoms with E-state index in [2.05, 4.69) is 26.5 Å². The van der Waals surface area contributed by atoms with Gasteiger partial charge in [0.05, 0.1) is 19.3 Å². The Morgan fingerprint density at radius 1 is 1.46 bits per heavy atom. The van der Waals surface area contributed by atoms with Crippen molar-refractivity contribution >= 4 is 56.2 Å². The number of nitro groups is 1. The van der Waals surface area contributed by atoms with E-state index in [0.717, 1.165) is 14.7 Å². The number of benzene rings is 1. The summed E-state index contributed by atoms with van der Waals surface area (Å²) < 4.78 is 6.13. The van der Waals surface area contributed by atoms with E-state index in [1.54, 1.807) is 6.92 Å². The molecule has 2 rings (SSSR count). The summed E-state index contributed by atoms with van der Waals surface area (Å²) in [5, 5.41) is 15.1. The lowest BCUT2D eigenvalue weighted by Crippen LogP contribution is -2.25. The van der Waals surface area contributed by atoms with E-state index >= 15 is 0 Å². The molecule has 1 amide bonds. The highest BCUT2D eigenvalue weighted by Crippen LogP contribution is 2.29. The molecule has 1 aromatic carbocycles. The van der Waals surface area contributed by atoms with Crippen LogP contribution in [0, 0.1) is 10.1 Å². The lowest BCUT2D eigenvalue weighted by Gasteiger charge is -2.06. The van der Waals surface area contributed by atoms with Crippen molar-refractivity contribution in [2.75, 3.05) is 6.61 Å². The zero-order chi connectivity index (χ0) is 17.7. The minimum atomic E-state index is -0.629. The van der Waals surface area contributed by atoms with E-state index in [0.29, 0.717) is 5.71 Å². The van der Waals surface area contributed by atoms with Crippen LogP contribution in [-0.2, 0) is 4.79 Å². The van der Waals surface area contributed by atoms with Crippen LogP contribution in [-0.4, -0.2) is 23.1 Å². The number of hydrogen-bond donors (Lipinski definition) is 1. The van der Waals surface area contributed by atoms with E-state index in [9.17, 15) is 14.9 Å². The lowest BCUT2D eigenvalue weighted by atomic mass is 10.3. The highest BCUT2D eigenvalue weighted by atomic mass is 79.9. The smallest absolute Gasteiger partial charge is 0.312 e. The van der Waals surface area contributed by atoms with Crippen LogP contribution in [0.3, 0.4) is 0 Å². The molecule has 1 heterocycles. The quantitative estimate of drug-likeness (QED) is 0.424.